The summed E-state index contributed by atoms with van der Waals surface area (Å²) >= 11 is 0. The third-order valence-corrected chi connectivity index (χ3v) is 3.93. The number of benzene rings is 1. The minimum Gasteiger partial charge on any atom is -0.465 e. The zero-order valence-electron chi connectivity index (χ0n) is 14.2. The van der Waals surface area contributed by atoms with E-state index in [-0.39, 0.29) is 6.29 Å². The van der Waals surface area contributed by atoms with Gasteiger partial charge in [-0.15, -0.1) is 0 Å². The Labute approximate surface area is 130 Å². The summed E-state index contributed by atoms with van der Waals surface area (Å²) in [6, 6.07) is 8.11. The summed E-state index contributed by atoms with van der Waals surface area (Å²) in [5, 5.41) is 0. The van der Waals surface area contributed by atoms with Gasteiger partial charge in [0.1, 0.15) is 5.75 Å². The predicted octanol–water partition coefficient (Wildman–Crippen LogP) is 5.73. The van der Waals surface area contributed by atoms with Gasteiger partial charge in [0.25, 0.3) is 0 Å². The molecule has 1 unspecified atom stereocenters. The summed E-state index contributed by atoms with van der Waals surface area (Å²) < 4.78 is 11.5. The Morgan fingerprint density at radius 2 is 1.67 bits per heavy atom. The maximum Gasteiger partial charge on any atom is 0.196 e. The Kier molecular flexibility index (Phi) is 9.16. The minimum atomic E-state index is -0.161. The minimum absolute atomic E-state index is 0.161. The van der Waals surface area contributed by atoms with Gasteiger partial charge < -0.3 is 9.47 Å². The highest BCUT2D eigenvalue weighted by Crippen LogP contribution is 2.26. The molecule has 2 heteroatoms. The van der Waals surface area contributed by atoms with Crippen molar-refractivity contribution in [2.75, 3.05) is 6.61 Å². The smallest absolute Gasteiger partial charge is 0.196 e. The molecule has 21 heavy (non-hydrogen) atoms. The number of ether oxygens (including phenoxy) is 2. The van der Waals surface area contributed by atoms with Crippen molar-refractivity contribution in [3.63, 3.8) is 0 Å². The molecule has 0 spiro atoms. The molecule has 0 heterocycles. The molecule has 2 nitrogen and oxygen atoms in total. The van der Waals surface area contributed by atoms with E-state index in [2.05, 4.69) is 19.1 Å². The van der Waals surface area contributed by atoms with Crippen molar-refractivity contribution in [2.24, 2.45) is 5.92 Å². The Morgan fingerprint density at radius 3 is 2.29 bits per heavy atom. The second-order valence-corrected chi connectivity index (χ2v) is 5.66. The first-order valence-corrected chi connectivity index (χ1v) is 8.59. The lowest BCUT2D eigenvalue weighted by molar-refractivity contribution is -0.0711. The maximum absolute atomic E-state index is 5.76. The van der Waals surface area contributed by atoms with Gasteiger partial charge in [-0.05, 0) is 38.3 Å². The van der Waals surface area contributed by atoms with Crippen molar-refractivity contribution in [3.8, 4) is 5.75 Å². The molecule has 0 aromatic heterocycles. The van der Waals surface area contributed by atoms with Crippen molar-refractivity contribution in [1.29, 1.82) is 0 Å². The van der Waals surface area contributed by atoms with Crippen LogP contribution in [0.3, 0.4) is 0 Å². The molecule has 2 rings (SSSR count). The molecule has 1 atom stereocenters. The van der Waals surface area contributed by atoms with Gasteiger partial charge >= 0.3 is 0 Å². The van der Waals surface area contributed by atoms with Gasteiger partial charge in [-0.3, -0.25) is 0 Å². The lowest BCUT2D eigenvalue weighted by Gasteiger charge is -2.22. The van der Waals surface area contributed by atoms with E-state index in [4.69, 9.17) is 9.47 Å². The number of aryl methyl sites for hydroxylation is 1. The molecule has 1 fully saturated rings. The summed E-state index contributed by atoms with van der Waals surface area (Å²) in [7, 11) is 0. The van der Waals surface area contributed by atoms with Crippen molar-refractivity contribution < 1.29 is 9.47 Å². The topological polar surface area (TPSA) is 18.5 Å². The first-order valence-electron chi connectivity index (χ1n) is 8.59. The highest BCUT2D eigenvalue weighted by Gasteiger charge is 2.13. The van der Waals surface area contributed by atoms with E-state index < -0.39 is 0 Å². The Hall–Kier alpha value is -1.02. The second kappa shape index (κ2) is 10.7. The van der Waals surface area contributed by atoms with Gasteiger partial charge in [0.05, 0.1) is 6.61 Å². The van der Waals surface area contributed by atoms with Crippen LogP contribution >= 0.6 is 0 Å². The molecule has 0 amide bonds. The first kappa shape index (κ1) is 18.0. The van der Waals surface area contributed by atoms with Crippen molar-refractivity contribution in [1.82, 2.24) is 0 Å². The molecule has 1 aliphatic rings. The molecule has 1 aromatic rings. The fourth-order valence-corrected chi connectivity index (χ4v) is 2.72. The van der Waals surface area contributed by atoms with Crippen molar-refractivity contribution in [2.45, 2.75) is 72.5 Å². The third-order valence-electron chi connectivity index (χ3n) is 3.93. The molecule has 0 radical (unpaired) electrons. The van der Waals surface area contributed by atoms with Gasteiger partial charge in [0.15, 0.2) is 6.29 Å². The maximum atomic E-state index is 5.76. The first-order chi connectivity index (χ1) is 10.2. The highest BCUT2D eigenvalue weighted by atomic mass is 16.7. The quantitative estimate of drug-likeness (QED) is 0.623. The van der Waals surface area contributed by atoms with E-state index in [9.17, 15) is 0 Å². The van der Waals surface area contributed by atoms with E-state index in [1.165, 1.54) is 44.1 Å². The lowest BCUT2D eigenvalue weighted by Crippen LogP contribution is -2.19. The summed E-state index contributed by atoms with van der Waals surface area (Å²) in [5.41, 5.74) is 1.25. The lowest BCUT2D eigenvalue weighted by atomic mass is 9.87. The number of hydrogen-bond acceptors (Lipinski definition) is 2. The van der Waals surface area contributed by atoms with Gasteiger partial charge in [0.2, 0.25) is 0 Å². The molecule has 0 saturated heterocycles. The standard InChI is InChI=1S/C17H26O2.C2H6/c1-14-8-10-17(11-9-14)19-15(2)18-13-12-16-6-4-3-5-7-16;1-2/h8-11,15-16H,3-7,12-13H2,1-2H3;1-2H3. The Morgan fingerprint density at radius 1 is 1.05 bits per heavy atom. The fraction of sp³-hybridized carbons (Fsp3) is 0.684. The Balaban J connectivity index is 0.00000106. The SMILES string of the molecule is CC.Cc1ccc(OC(C)OCCC2CCCCC2)cc1. The van der Waals surface area contributed by atoms with Crippen LogP contribution in [0.2, 0.25) is 0 Å². The van der Waals surface area contributed by atoms with Crippen molar-refractivity contribution in [3.05, 3.63) is 29.8 Å². The summed E-state index contributed by atoms with van der Waals surface area (Å²) in [4.78, 5) is 0. The molecular formula is C19H32O2. The van der Waals surface area contributed by atoms with Gasteiger partial charge in [-0.2, -0.15) is 0 Å². The summed E-state index contributed by atoms with van der Waals surface area (Å²) in [5.74, 6) is 1.76. The molecule has 0 N–H and O–H groups in total. The highest BCUT2D eigenvalue weighted by molar-refractivity contribution is 5.26. The van der Waals surface area contributed by atoms with Crippen LogP contribution in [0.1, 0.15) is 64.9 Å². The number of rotatable bonds is 6. The van der Waals surface area contributed by atoms with Crippen LogP contribution in [0.15, 0.2) is 24.3 Å². The van der Waals surface area contributed by atoms with Crippen LogP contribution in [-0.2, 0) is 4.74 Å². The van der Waals surface area contributed by atoms with Crippen LogP contribution in [0.4, 0.5) is 0 Å². The summed E-state index contributed by atoms with van der Waals surface area (Å²) in [6.07, 6.45) is 8.02. The Bertz CT molecular complexity index is 352. The predicted molar refractivity (Wildman–Crippen MR) is 89.8 cm³/mol. The zero-order valence-corrected chi connectivity index (χ0v) is 14.2. The van der Waals surface area contributed by atoms with Gasteiger partial charge in [-0.25, -0.2) is 0 Å². The monoisotopic (exact) mass is 292 g/mol. The average molecular weight is 292 g/mol. The zero-order chi connectivity index (χ0) is 15.5. The van der Waals surface area contributed by atoms with Crippen LogP contribution in [0.5, 0.6) is 5.75 Å². The van der Waals surface area contributed by atoms with Crippen LogP contribution in [-0.4, -0.2) is 12.9 Å². The molecular weight excluding hydrogens is 260 g/mol. The molecule has 120 valence electrons. The average Bonchev–Trinajstić information content (AvgIpc) is 2.53. The molecule has 0 bridgehead atoms. The number of hydrogen-bond donors (Lipinski definition) is 0. The molecule has 1 saturated carbocycles. The van der Waals surface area contributed by atoms with E-state index in [0.29, 0.717) is 0 Å². The van der Waals surface area contributed by atoms with E-state index in [1.807, 2.05) is 32.9 Å². The van der Waals surface area contributed by atoms with Crippen LogP contribution in [0.25, 0.3) is 0 Å². The molecule has 1 aromatic carbocycles. The second-order valence-electron chi connectivity index (χ2n) is 5.66. The fourth-order valence-electron chi connectivity index (χ4n) is 2.72. The molecule has 0 aliphatic heterocycles. The molecule has 1 aliphatic carbocycles. The van der Waals surface area contributed by atoms with Crippen LogP contribution in [0, 0.1) is 12.8 Å². The van der Waals surface area contributed by atoms with E-state index in [1.54, 1.807) is 0 Å². The van der Waals surface area contributed by atoms with Crippen molar-refractivity contribution >= 4 is 0 Å². The third kappa shape index (κ3) is 7.52. The van der Waals surface area contributed by atoms with E-state index >= 15 is 0 Å². The van der Waals surface area contributed by atoms with Gasteiger partial charge in [-0.1, -0.05) is 63.6 Å². The van der Waals surface area contributed by atoms with E-state index in [0.717, 1.165) is 18.3 Å². The normalized spacial score (nSPS) is 16.8. The van der Waals surface area contributed by atoms with Crippen LogP contribution < -0.4 is 4.74 Å². The summed E-state index contributed by atoms with van der Waals surface area (Å²) in [6.45, 7) is 8.87. The largest absolute Gasteiger partial charge is 0.465 e. The van der Waals surface area contributed by atoms with Gasteiger partial charge in [0, 0.05) is 0 Å².